The summed E-state index contributed by atoms with van der Waals surface area (Å²) < 4.78 is 5.01. The number of nitriles is 2. The van der Waals surface area contributed by atoms with Crippen LogP contribution in [0.1, 0.15) is 63.2 Å². The fraction of sp³-hybridized carbons (Fsp3) is 0.321. The van der Waals surface area contributed by atoms with E-state index in [0.717, 1.165) is 48.1 Å². The lowest BCUT2D eigenvalue weighted by Gasteiger charge is -2.13. The Kier molecular flexibility index (Phi) is 8.67. The Hall–Kier alpha value is -3.86. The van der Waals surface area contributed by atoms with Gasteiger partial charge >= 0.3 is 5.97 Å². The third kappa shape index (κ3) is 5.67. The van der Waals surface area contributed by atoms with E-state index in [4.69, 9.17) is 10.5 Å². The molecule has 194 valence electrons. The van der Waals surface area contributed by atoms with E-state index < -0.39 is 5.97 Å². The third-order valence-electron chi connectivity index (χ3n) is 6.39. The molecule has 2 heterocycles. The summed E-state index contributed by atoms with van der Waals surface area (Å²) in [5.41, 5.74) is 10.1. The van der Waals surface area contributed by atoms with E-state index in [1.807, 2.05) is 31.2 Å². The van der Waals surface area contributed by atoms with Crippen molar-refractivity contribution < 1.29 is 14.3 Å². The number of anilines is 2. The topological polar surface area (TPSA) is 142 Å². The van der Waals surface area contributed by atoms with Crippen LogP contribution < -0.4 is 11.1 Å². The number of fused-ring (bicyclic) bond motifs is 1. The lowest BCUT2D eigenvalue weighted by atomic mass is 9.96. The van der Waals surface area contributed by atoms with E-state index in [0.29, 0.717) is 32.5 Å². The number of esters is 1. The maximum Gasteiger partial charge on any atom is 0.341 e. The van der Waals surface area contributed by atoms with Crippen molar-refractivity contribution in [2.24, 2.45) is 0 Å². The van der Waals surface area contributed by atoms with E-state index in [9.17, 15) is 20.1 Å². The zero-order valence-corrected chi connectivity index (χ0v) is 22.9. The van der Waals surface area contributed by atoms with Crippen LogP contribution in [-0.2, 0) is 22.4 Å². The number of carbonyl (C=O) groups excluding carboxylic acids is 2. The number of nitrogens with one attached hydrogen (secondary N) is 1. The smallest absolute Gasteiger partial charge is 0.341 e. The molecular formula is C28H27N5O3S2. The average molecular weight is 546 g/mol. The first-order chi connectivity index (χ1) is 18.4. The summed E-state index contributed by atoms with van der Waals surface area (Å²) in [6, 6.07) is 11.7. The van der Waals surface area contributed by atoms with E-state index in [1.54, 1.807) is 0 Å². The summed E-state index contributed by atoms with van der Waals surface area (Å²) in [7, 11) is 1.35. The van der Waals surface area contributed by atoms with Crippen molar-refractivity contribution in [2.75, 3.05) is 23.9 Å². The van der Waals surface area contributed by atoms with Crippen LogP contribution in [0.3, 0.4) is 0 Å². The van der Waals surface area contributed by atoms with Gasteiger partial charge in [-0.15, -0.1) is 23.1 Å². The number of ether oxygens (including phenoxy) is 1. The number of benzene rings is 1. The van der Waals surface area contributed by atoms with Gasteiger partial charge in [-0.2, -0.15) is 10.5 Å². The van der Waals surface area contributed by atoms with Crippen LogP contribution in [0.15, 0.2) is 29.3 Å². The Balaban J connectivity index is 1.53. The number of aryl methyl sites for hydroxylation is 2. The third-order valence-corrected chi connectivity index (χ3v) is 8.57. The van der Waals surface area contributed by atoms with E-state index in [-0.39, 0.29) is 29.3 Å². The van der Waals surface area contributed by atoms with Gasteiger partial charge in [-0.1, -0.05) is 36.2 Å². The predicted molar refractivity (Wildman–Crippen MR) is 149 cm³/mol. The van der Waals surface area contributed by atoms with E-state index in [1.165, 1.54) is 30.2 Å². The molecule has 0 unspecified atom stereocenters. The number of aromatic nitrogens is 1. The van der Waals surface area contributed by atoms with E-state index in [2.05, 4.69) is 22.4 Å². The Morgan fingerprint density at radius 1 is 1.13 bits per heavy atom. The van der Waals surface area contributed by atoms with Crippen LogP contribution in [0.5, 0.6) is 0 Å². The molecule has 0 aliphatic heterocycles. The molecular weight excluding hydrogens is 518 g/mol. The quantitative estimate of drug-likeness (QED) is 0.221. The summed E-state index contributed by atoms with van der Waals surface area (Å²) in [5, 5.41) is 23.5. The molecule has 0 spiro atoms. The molecule has 3 N–H and O–H groups in total. The van der Waals surface area contributed by atoms with Crippen LogP contribution in [0.4, 0.5) is 10.8 Å². The van der Waals surface area contributed by atoms with Gasteiger partial charge in [0.25, 0.3) is 0 Å². The predicted octanol–water partition coefficient (Wildman–Crippen LogP) is 5.62. The molecule has 0 bridgehead atoms. The molecule has 0 saturated carbocycles. The van der Waals surface area contributed by atoms with Gasteiger partial charge in [0.15, 0.2) is 0 Å². The number of carbonyl (C=O) groups is 2. The van der Waals surface area contributed by atoms with Gasteiger partial charge in [0.1, 0.15) is 33.5 Å². The number of thioether (sulfide) groups is 1. The molecule has 1 aromatic carbocycles. The van der Waals surface area contributed by atoms with Crippen molar-refractivity contribution in [1.29, 1.82) is 10.5 Å². The Morgan fingerprint density at radius 3 is 2.53 bits per heavy atom. The molecule has 1 aliphatic rings. The largest absolute Gasteiger partial charge is 0.465 e. The number of hydrogen-bond acceptors (Lipinski definition) is 9. The number of amides is 1. The lowest BCUT2D eigenvalue weighted by Crippen LogP contribution is -2.15. The molecule has 38 heavy (non-hydrogen) atoms. The summed E-state index contributed by atoms with van der Waals surface area (Å²) in [5.74, 6) is -0.325. The zero-order chi connectivity index (χ0) is 27.2. The van der Waals surface area contributed by atoms with Crippen molar-refractivity contribution in [1.82, 2.24) is 4.98 Å². The summed E-state index contributed by atoms with van der Waals surface area (Å²) in [6.07, 6.45) is 5.00. The average Bonchev–Trinajstić information content (AvgIpc) is 3.08. The molecule has 1 aliphatic carbocycles. The van der Waals surface area contributed by atoms with Crippen LogP contribution in [0, 0.1) is 29.6 Å². The highest BCUT2D eigenvalue weighted by atomic mass is 32.2. The second-order valence-electron chi connectivity index (χ2n) is 8.92. The summed E-state index contributed by atoms with van der Waals surface area (Å²) in [4.78, 5) is 30.8. The van der Waals surface area contributed by atoms with Crippen molar-refractivity contribution in [2.45, 2.75) is 50.5 Å². The zero-order valence-electron chi connectivity index (χ0n) is 21.2. The van der Waals surface area contributed by atoms with Crippen molar-refractivity contribution in [3.63, 3.8) is 0 Å². The molecule has 2 aromatic heterocycles. The van der Waals surface area contributed by atoms with Crippen molar-refractivity contribution in [3.05, 3.63) is 57.0 Å². The van der Waals surface area contributed by atoms with Crippen molar-refractivity contribution in [3.8, 4) is 23.3 Å². The van der Waals surface area contributed by atoms with Crippen LogP contribution >= 0.6 is 23.1 Å². The first-order valence-corrected chi connectivity index (χ1v) is 14.0. The molecule has 0 atom stereocenters. The van der Waals surface area contributed by atoms with E-state index >= 15 is 0 Å². The van der Waals surface area contributed by atoms with Crippen LogP contribution in [0.25, 0.3) is 11.1 Å². The lowest BCUT2D eigenvalue weighted by molar-refractivity contribution is -0.115. The van der Waals surface area contributed by atoms with Gasteiger partial charge in [0.2, 0.25) is 5.91 Å². The fourth-order valence-electron chi connectivity index (χ4n) is 4.49. The van der Waals surface area contributed by atoms with Gasteiger partial charge in [0, 0.05) is 22.6 Å². The number of nitrogen functional groups attached to an aromatic ring is 1. The number of nitrogens with zero attached hydrogens (tertiary/aromatic N) is 3. The van der Waals surface area contributed by atoms with Gasteiger partial charge in [-0.25, -0.2) is 9.78 Å². The van der Waals surface area contributed by atoms with Crippen LogP contribution in [-0.4, -0.2) is 29.7 Å². The monoisotopic (exact) mass is 545 g/mol. The molecule has 0 fully saturated rings. The molecule has 8 nitrogen and oxygen atoms in total. The van der Waals surface area contributed by atoms with Gasteiger partial charge in [-0.05, 0) is 43.7 Å². The molecule has 1 amide bonds. The first-order valence-electron chi connectivity index (χ1n) is 12.2. The molecule has 0 radical (unpaired) electrons. The van der Waals surface area contributed by atoms with Gasteiger partial charge in [-0.3, -0.25) is 4.79 Å². The Bertz CT molecular complexity index is 1470. The number of rotatable bonds is 7. The second-order valence-corrected chi connectivity index (χ2v) is 11.1. The molecule has 10 heteroatoms. The number of hydrogen-bond donors (Lipinski definition) is 2. The van der Waals surface area contributed by atoms with Crippen LogP contribution in [0.2, 0.25) is 0 Å². The Morgan fingerprint density at radius 2 is 1.84 bits per heavy atom. The SMILES string of the molecule is COC(=O)c1c(NC(=O)CCSc2nc(N)c(C#N)c(-c3ccc(C)cc3)c2C#N)sc2c1CCCCC2. The maximum absolute atomic E-state index is 12.9. The first kappa shape index (κ1) is 27.2. The molecule has 4 rings (SSSR count). The summed E-state index contributed by atoms with van der Waals surface area (Å²) in [6.45, 7) is 1.95. The second kappa shape index (κ2) is 12.1. The summed E-state index contributed by atoms with van der Waals surface area (Å²) >= 11 is 2.68. The fourth-order valence-corrected chi connectivity index (χ4v) is 6.72. The number of nitrogens with two attached hydrogens (primary N) is 1. The Labute approximate surface area is 229 Å². The minimum atomic E-state index is -0.436. The highest BCUT2D eigenvalue weighted by molar-refractivity contribution is 7.99. The number of thiophene rings is 1. The highest BCUT2D eigenvalue weighted by Crippen LogP contribution is 2.39. The minimum Gasteiger partial charge on any atom is -0.465 e. The van der Waals surface area contributed by atoms with Gasteiger partial charge in [0.05, 0.1) is 18.2 Å². The number of pyridine rings is 1. The molecule has 0 saturated heterocycles. The maximum atomic E-state index is 12.9. The van der Waals surface area contributed by atoms with Crippen molar-refractivity contribution >= 4 is 45.8 Å². The standard InChI is InChI=1S/C28H27N5O3S2/c1-16-8-10-17(11-9-16)23-19(14-29)25(31)33-26(20(23)15-30)37-13-12-22(34)32-27-24(28(35)36-2)18-6-4-3-5-7-21(18)38-27/h8-11H,3-7,12-13H2,1-2H3,(H2,31,33)(H,32,34). The highest BCUT2D eigenvalue weighted by Gasteiger charge is 2.26. The normalized spacial score (nSPS) is 12.5. The van der Waals surface area contributed by atoms with Gasteiger partial charge < -0.3 is 15.8 Å². The molecule has 3 aromatic rings. The minimum absolute atomic E-state index is 0.0387. The number of methoxy groups -OCH3 is 1.